The average Bonchev–Trinajstić information content (AvgIpc) is 3.56. The van der Waals surface area contributed by atoms with Gasteiger partial charge < -0.3 is 19.6 Å². The summed E-state index contributed by atoms with van der Waals surface area (Å²) in [6.45, 7) is 6.43. The Bertz CT molecular complexity index is 1360. The van der Waals surface area contributed by atoms with Crippen LogP contribution in [0, 0.1) is 0 Å². The van der Waals surface area contributed by atoms with Crippen molar-refractivity contribution in [3.8, 4) is 11.4 Å². The number of amides is 1. The van der Waals surface area contributed by atoms with E-state index >= 15 is 0 Å². The first-order chi connectivity index (χ1) is 17.2. The molecule has 10 nitrogen and oxygen atoms in total. The van der Waals surface area contributed by atoms with Gasteiger partial charge in [-0.2, -0.15) is 5.10 Å². The number of H-pyrrole nitrogens is 1. The molecule has 0 atom stereocenters. The maximum absolute atomic E-state index is 13.4. The number of nitrogens with zero attached hydrogens (tertiary/aromatic N) is 6. The Labute approximate surface area is 206 Å². The van der Waals surface area contributed by atoms with Gasteiger partial charge in [0.25, 0.3) is 5.91 Å². The molecule has 0 aliphatic carbocycles. The number of β-amino-alcohol motifs (C(OH)–C–C–N with tert-alkyl or cyclic N) is 1. The number of aromatic amines is 1. The number of aliphatic hydroxyl groups excluding tert-OH is 1. The lowest BCUT2D eigenvalue weighted by Crippen LogP contribution is -2.49. The number of hydrogen-bond acceptors (Lipinski definition) is 9. The maximum atomic E-state index is 13.4. The smallest absolute Gasteiger partial charge is 0.264 e. The third-order valence-electron chi connectivity index (χ3n) is 6.68. The van der Waals surface area contributed by atoms with Crippen LogP contribution in [0.2, 0.25) is 0 Å². The lowest BCUT2D eigenvalue weighted by Gasteiger charge is -2.34. The topological polar surface area (TPSA) is 111 Å². The van der Waals surface area contributed by atoms with Crippen LogP contribution in [0.3, 0.4) is 0 Å². The molecule has 0 radical (unpaired) electrons. The van der Waals surface area contributed by atoms with Crippen LogP contribution in [-0.2, 0) is 4.74 Å². The van der Waals surface area contributed by atoms with Gasteiger partial charge in [0.15, 0.2) is 11.6 Å². The second-order valence-corrected chi connectivity index (χ2v) is 9.84. The molecular weight excluding hydrogens is 466 g/mol. The third kappa shape index (κ3) is 4.25. The Morgan fingerprint density at radius 1 is 1.11 bits per heavy atom. The molecule has 182 valence electrons. The molecule has 1 amide bonds. The van der Waals surface area contributed by atoms with Gasteiger partial charge in [-0.25, -0.2) is 9.97 Å². The molecule has 2 aliphatic rings. The minimum absolute atomic E-state index is 0.0306. The number of morpholine rings is 1. The molecule has 4 aromatic rings. The van der Waals surface area contributed by atoms with E-state index in [0.29, 0.717) is 43.5 Å². The standard InChI is InChI=1S/C24H27N7O3S/c32-11-8-29-4-6-31(7-5-29)24(33)20-14-19-21(35-20)23(30-9-12-34-13-10-30)27-22(26-19)16-2-1-3-18-17(16)15-25-28-18/h1-3,14-15,32H,4-13H2,(H,25,28). The van der Waals surface area contributed by atoms with E-state index in [-0.39, 0.29) is 12.5 Å². The molecule has 0 unspecified atom stereocenters. The summed E-state index contributed by atoms with van der Waals surface area (Å²) >= 11 is 1.47. The fourth-order valence-corrected chi connectivity index (χ4v) is 5.85. The van der Waals surface area contributed by atoms with Crippen LogP contribution < -0.4 is 4.90 Å². The molecule has 2 fully saturated rings. The first-order valence-corrected chi connectivity index (χ1v) is 12.7. The summed E-state index contributed by atoms with van der Waals surface area (Å²) in [6.07, 6.45) is 1.80. The number of fused-ring (bicyclic) bond motifs is 2. The zero-order valence-corrected chi connectivity index (χ0v) is 20.1. The summed E-state index contributed by atoms with van der Waals surface area (Å²) in [7, 11) is 0. The number of thiophene rings is 1. The van der Waals surface area contributed by atoms with E-state index in [1.165, 1.54) is 11.3 Å². The second-order valence-electron chi connectivity index (χ2n) is 8.79. The minimum atomic E-state index is 0.0306. The molecular formula is C24H27N7O3S. The van der Waals surface area contributed by atoms with E-state index in [4.69, 9.17) is 14.7 Å². The highest BCUT2D eigenvalue weighted by atomic mass is 32.1. The quantitative estimate of drug-likeness (QED) is 0.433. The number of carbonyl (C=O) groups excluding carboxylic acids is 1. The Balaban J connectivity index is 1.39. The Hall–Kier alpha value is -3.12. The van der Waals surface area contributed by atoms with Crippen molar-refractivity contribution in [2.45, 2.75) is 0 Å². The molecule has 0 saturated carbocycles. The van der Waals surface area contributed by atoms with E-state index < -0.39 is 0 Å². The highest BCUT2D eigenvalue weighted by Gasteiger charge is 2.26. The van der Waals surface area contributed by atoms with E-state index in [9.17, 15) is 9.90 Å². The number of nitrogens with one attached hydrogen (secondary N) is 1. The molecule has 0 spiro atoms. The van der Waals surface area contributed by atoms with Gasteiger partial charge in [-0.05, 0) is 12.1 Å². The molecule has 2 N–H and O–H groups in total. The van der Waals surface area contributed by atoms with Gasteiger partial charge >= 0.3 is 0 Å². The summed E-state index contributed by atoms with van der Waals surface area (Å²) in [6, 6.07) is 7.87. The van der Waals surface area contributed by atoms with Crippen molar-refractivity contribution in [3.05, 3.63) is 35.3 Å². The van der Waals surface area contributed by atoms with Gasteiger partial charge in [-0.1, -0.05) is 12.1 Å². The first-order valence-electron chi connectivity index (χ1n) is 11.9. The van der Waals surface area contributed by atoms with Crippen LogP contribution in [0.25, 0.3) is 32.5 Å². The monoisotopic (exact) mass is 493 g/mol. The van der Waals surface area contributed by atoms with Crippen molar-refractivity contribution >= 4 is 44.2 Å². The summed E-state index contributed by atoms with van der Waals surface area (Å²) in [5.41, 5.74) is 2.62. The Morgan fingerprint density at radius 2 is 1.94 bits per heavy atom. The van der Waals surface area contributed by atoms with Gasteiger partial charge in [0.05, 0.1) is 46.6 Å². The molecule has 5 heterocycles. The predicted octanol–water partition coefficient (Wildman–Crippen LogP) is 1.82. The number of carbonyl (C=O) groups is 1. The number of benzene rings is 1. The normalized spacial score (nSPS) is 17.5. The van der Waals surface area contributed by atoms with Crippen molar-refractivity contribution in [2.24, 2.45) is 0 Å². The molecule has 6 rings (SSSR count). The number of anilines is 1. The highest BCUT2D eigenvalue weighted by Crippen LogP contribution is 2.36. The zero-order valence-electron chi connectivity index (χ0n) is 19.3. The largest absolute Gasteiger partial charge is 0.395 e. The number of ether oxygens (including phenoxy) is 1. The minimum Gasteiger partial charge on any atom is -0.395 e. The van der Waals surface area contributed by atoms with Crippen LogP contribution in [0.5, 0.6) is 0 Å². The van der Waals surface area contributed by atoms with E-state index in [1.54, 1.807) is 6.20 Å². The molecule has 3 aromatic heterocycles. The molecule has 11 heteroatoms. The molecule has 2 aliphatic heterocycles. The predicted molar refractivity (Wildman–Crippen MR) is 135 cm³/mol. The van der Waals surface area contributed by atoms with Crippen molar-refractivity contribution in [1.29, 1.82) is 0 Å². The van der Waals surface area contributed by atoms with E-state index in [0.717, 1.165) is 58.7 Å². The van der Waals surface area contributed by atoms with Gasteiger partial charge in [0.2, 0.25) is 0 Å². The van der Waals surface area contributed by atoms with Crippen LogP contribution in [0.15, 0.2) is 30.5 Å². The lowest BCUT2D eigenvalue weighted by molar-refractivity contribution is 0.0619. The number of rotatable bonds is 5. The highest BCUT2D eigenvalue weighted by molar-refractivity contribution is 7.21. The summed E-state index contributed by atoms with van der Waals surface area (Å²) < 4.78 is 6.50. The number of aliphatic hydroxyl groups is 1. The number of hydrogen-bond donors (Lipinski definition) is 2. The van der Waals surface area contributed by atoms with Crippen LogP contribution >= 0.6 is 11.3 Å². The zero-order chi connectivity index (χ0) is 23.8. The van der Waals surface area contributed by atoms with Crippen LogP contribution in [-0.4, -0.2) is 107 Å². The molecule has 35 heavy (non-hydrogen) atoms. The number of piperazine rings is 1. The van der Waals surface area contributed by atoms with Crippen molar-refractivity contribution < 1.29 is 14.6 Å². The fourth-order valence-electron chi connectivity index (χ4n) is 4.77. The van der Waals surface area contributed by atoms with Gasteiger partial charge in [0.1, 0.15) is 0 Å². The third-order valence-corrected chi connectivity index (χ3v) is 7.78. The van der Waals surface area contributed by atoms with Crippen molar-refractivity contribution in [2.75, 3.05) is 70.5 Å². The Morgan fingerprint density at radius 3 is 2.74 bits per heavy atom. The molecule has 0 bridgehead atoms. The van der Waals surface area contributed by atoms with Crippen LogP contribution in [0.4, 0.5) is 5.82 Å². The van der Waals surface area contributed by atoms with Gasteiger partial charge in [-0.3, -0.25) is 14.8 Å². The van der Waals surface area contributed by atoms with Gasteiger partial charge in [-0.15, -0.1) is 11.3 Å². The SMILES string of the molecule is O=C(c1cc2nc(-c3cccc4[nH]ncc34)nc(N3CCOCC3)c2s1)N1CCN(CCO)CC1. The number of aromatic nitrogens is 4. The summed E-state index contributed by atoms with van der Waals surface area (Å²) in [5, 5.41) is 17.3. The van der Waals surface area contributed by atoms with Crippen LogP contribution in [0.1, 0.15) is 9.67 Å². The fraction of sp³-hybridized carbons (Fsp3) is 0.417. The first kappa shape index (κ1) is 22.4. The average molecular weight is 494 g/mol. The van der Waals surface area contributed by atoms with Crippen molar-refractivity contribution in [3.63, 3.8) is 0 Å². The Kier molecular flexibility index (Phi) is 6.06. The summed E-state index contributed by atoms with van der Waals surface area (Å²) in [5.74, 6) is 1.51. The van der Waals surface area contributed by atoms with Crippen molar-refractivity contribution in [1.82, 2.24) is 30.0 Å². The maximum Gasteiger partial charge on any atom is 0.264 e. The van der Waals surface area contributed by atoms with Gasteiger partial charge in [0, 0.05) is 56.8 Å². The summed E-state index contributed by atoms with van der Waals surface area (Å²) in [4.78, 5) is 30.3. The van der Waals surface area contributed by atoms with E-state index in [1.807, 2.05) is 29.2 Å². The van der Waals surface area contributed by atoms with E-state index in [2.05, 4.69) is 20.0 Å². The molecule has 1 aromatic carbocycles. The molecule has 2 saturated heterocycles. The lowest BCUT2D eigenvalue weighted by atomic mass is 10.1. The second kappa shape index (κ2) is 9.50.